The van der Waals surface area contributed by atoms with E-state index in [1.165, 1.54) is 6.07 Å². The molecule has 0 spiro atoms. The van der Waals surface area contributed by atoms with E-state index in [-0.39, 0.29) is 5.82 Å². The minimum Gasteiger partial charge on any atom is -0.370 e. The second-order valence-electron chi connectivity index (χ2n) is 3.16. The van der Waals surface area contributed by atoms with Crippen LogP contribution in [0.5, 0.6) is 0 Å². The van der Waals surface area contributed by atoms with Gasteiger partial charge in [0.05, 0.1) is 5.69 Å². The van der Waals surface area contributed by atoms with Crippen LogP contribution in [0.15, 0.2) is 18.2 Å². The van der Waals surface area contributed by atoms with Crippen molar-refractivity contribution in [3.8, 4) is 0 Å². The van der Waals surface area contributed by atoms with Crippen molar-refractivity contribution in [2.75, 3.05) is 18.0 Å². The van der Waals surface area contributed by atoms with Gasteiger partial charge >= 0.3 is 0 Å². The van der Waals surface area contributed by atoms with Gasteiger partial charge in [-0.2, -0.15) is 0 Å². The van der Waals surface area contributed by atoms with E-state index in [9.17, 15) is 4.39 Å². The molecule has 0 aliphatic carbocycles. The highest BCUT2D eigenvalue weighted by molar-refractivity contribution is 5.48. The first-order chi connectivity index (χ1) is 6.72. The number of benzene rings is 1. The summed E-state index contributed by atoms with van der Waals surface area (Å²) in [6.45, 7) is 6.04. The topological polar surface area (TPSA) is 29.3 Å². The molecule has 0 aliphatic rings. The molecule has 0 unspecified atom stereocenters. The standard InChI is InChI=1S/C11H17FN2/c1-3-14(4-2)11-6-5-9(8-13)7-10(11)12/h5-7H,3-4,8,13H2,1-2H3. The van der Waals surface area contributed by atoms with Crippen LogP contribution in [0.4, 0.5) is 10.1 Å². The van der Waals surface area contributed by atoms with Gasteiger partial charge in [-0.05, 0) is 31.5 Å². The summed E-state index contributed by atoms with van der Waals surface area (Å²) in [5, 5.41) is 0. The number of rotatable bonds is 4. The summed E-state index contributed by atoms with van der Waals surface area (Å²) in [6, 6.07) is 5.18. The fraction of sp³-hybridized carbons (Fsp3) is 0.455. The van der Waals surface area contributed by atoms with Crippen LogP contribution in [0, 0.1) is 5.82 Å². The maximum absolute atomic E-state index is 13.6. The summed E-state index contributed by atoms with van der Waals surface area (Å²) in [5.74, 6) is -0.184. The Labute approximate surface area is 84.5 Å². The Morgan fingerprint density at radius 3 is 2.36 bits per heavy atom. The molecule has 0 heterocycles. The molecule has 1 aromatic rings. The van der Waals surface area contributed by atoms with E-state index in [2.05, 4.69) is 0 Å². The molecule has 1 rings (SSSR count). The van der Waals surface area contributed by atoms with Crippen LogP contribution in [0.1, 0.15) is 19.4 Å². The van der Waals surface area contributed by atoms with Crippen molar-refractivity contribution in [3.63, 3.8) is 0 Å². The fourth-order valence-electron chi connectivity index (χ4n) is 1.50. The lowest BCUT2D eigenvalue weighted by molar-refractivity contribution is 0.617. The van der Waals surface area contributed by atoms with Crippen LogP contribution in [-0.4, -0.2) is 13.1 Å². The van der Waals surface area contributed by atoms with Crippen molar-refractivity contribution in [1.29, 1.82) is 0 Å². The first kappa shape index (κ1) is 11.0. The smallest absolute Gasteiger partial charge is 0.146 e. The Morgan fingerprint density at radius 1 is 1.29 bits per heavy atom. The van der Waals surface area contributed by atoms with E-state index in [4.69, 9.17) is 5.73 Å². The Morgan fingerprint density at radius 2 is 1.93 bits per heavy atom. The highest BCUT2D eigenvalue weighted by atomic mass is 19.1. The number of anilines is 1. The van der Waals surface area contributed by atoms with E-state index in [0.717, 1.165) is 18.7 Å². The van der Waals surface area contributed by atoms with E-state index in [1.54, 1.807) is 6.07 Å². The van der Waals surface area contributed by atoms with Crippen molar-refractivity contribution < 1.29 is 4.39 Å². The molecule has 14 heavy (non-hydrogen) atoms. The summed E-state index contributed by atoms with van der Waals surface area (Å²) in [5.41, 5.74) is 6.92. The highest BCUT2D eigenvalue weighted by Gasteiger charge is 2.07. The Kier molecular flexibility index (Phi) is 3.89. The molecular formula is C11H17FN2. The van der Waals surface area contributed by atoms with Crippen LogP contribution in [-0.2, 0) is 6.54 Å². The van der Waals surface area contributed by atoms with Gasteiger partial charge in [-0.1, -0.05) is 6.07 Å². The van der Waals surface area contributed by atoms with Crippen molar-refractivity contribution in [3.05, 3.63) is 29.6 Å². The average Bonchev–Trinajstić information content (AvgIpc) is 2.22. The molecule has 0 fully saturated rings. The molecule has 0 saturated carbocycles. The summed E-state index contributed by atoms with van der Waals surface area (Å²) in [7, 11) is 0. The molecule has 0 bridgehead atoms. The highest BCUT2D eigenvalue weighted by Crippen LogP contribution is 2.19. The van der Waals surface area contributed by atoms with Crippen LogP contribution >= 0.6 is 0 Å². The van der Waals surface area contributed by atoms with E-state index in [0.29, 0.717) is 12.2 Å². The minimum absolute atomic E-state index is 0.184. The predicted molar refractivity (Wildman–Crippen MR) is 57.9 cm³/mol. The maximum Gasteiger partial charge on any atom is 0.146 e. The number of halogens is 1. The molecular weight excluding hydrogens is 179 g/mol. The van der Waals surface area contributed by atoms with Gasteiger partial charge in [0.2, 0.25) is 0 Å². The minimum atomic E-state index is -0.184. The Balaban J connectivity index is 2.98. The first-order valence-electron chi connectivity index (χ1n) is 4.96. The molecule has 0 radical (unpaired) electrons. The Bertz CT molecular complexity index is 295. The largest absolute Gasteiger partial charge is 0.370 e. The van der Waals surface area contributed by atoms with Gasteiger partial charge in [0.15, 0.2) is 0 Å². The van der Waals surface area contributed by atoms with E-state index in [1.807, 2.05) is 24.8 Å². The molecule has 0 aliphatic heterocycles. The van der Waals surface area contributed by atoms with Crippen molar-refractivity contribution in [2.45, 2.75) is 20.4 Å². The fourth-order valence-corrected chi connectivity index (χ4v) is 1.50. The average molecular weight is 196 g/mol. The molecule has 0 aromatic heterocycles. The second kappa shape index (κ2) is 4.96. The second-order valence-corrected chi connectivity index (χ2v) is 3.16. The monoisotopic (exact) mass is 196 g/mol. The van der Waals surface area contributed by atoms with E-state index < -0.39 is 0 Å². The third kappa shape index (κ3) is 2.23. The Hall–Kier alpha value is -1.09. The molecule has 3 heteroatoms. The quantitative estimate of drug-likeness (QED) is 0.799. The maximum atomic E-state index is 13.6. The summed E-state index contributed by atoms with van der Waals surface area (Å²) in [4.78, 5) is 1.98. The summed E-state index contributed by atoms with van der Waals surface area (Å²) >= 11 is 0. The van der Waals surface area contributed by atoms with Gasteiger partial charge in [-0.25, -0.2) is 4.39 Å². The zero-order chi connectivity index (χ0) is 10.6. The normalized spacial score (nSPS) is 10.3. The number of nitrogens with zero attached hydrogens (tertiary/aromatic N) is 1. The molecule has 78 valence electrons. The number of hydrogen-bond acceptors (Lipinski definition) is 2. The first-order valence-corrected chi connectivity index (χ1v) is 4.96. The van der Waals surface area contributed by atoms with Gasteiger partial charge in [-0.15, -0.1) is 0 Å². The zero-order valence-corrected chi connectivity index (χ0v) is 8.76. The lowest BCUT2D eigenvalue weighted by Gasteiger charge is -2.21. The summed E-state index contributed by atoms with van der Waals surface area (Å²) < 4.78 is 13.6. The van der Waals surface area contributed by atoms with Crippen LogP contribution in [0.3, 0.4) is 0 Å². The SMILES string of the molecule is CCN(CC)c1ccc(CN)cc1F. The molecule has 2 N–H and O–H groups in total. The lowest BCUT2D eigenvalue weighted by atomic mass is 10.2. The van der Waals surface area contributed by atoms with Crippen molar-refractivity contribution in [1.82, 2.24) is 0 Å². The third-order valence-electron chi connectivity index (χ3n) is 2.35. The van der Waals surface area contributed by atoms with Gasteiger partial charge in [-0.3, -0.25) is 0 Å². The van der Waals surface area contributed by atoms with Crippen LogP contribution in [0.2, 0.25) is 0 Å². The third-order valence-corrected chi connectivity index (χ3v) is 2.35. The van der Waals surface area contributed by atoms with Gasteiger partial charge in [0, 0.05) is 19.6 Å². The van der Waals surface area contributed by atoms with Crippen molar-refractivity contribution >= 4 is 5.69 Å². The number of nitrogens with two attached hydrogens (primary N) is 1. The predicted octanol–water partition coefficient (Wildman–Crippen LogP) is 2.13. The number of hydrogen-bond donors (Lipinski definition) is 1. The van der Waals surface area contributed by atoms with Crippen LogP contribution in [0.25, 0.3) is 0 Å². The molecule has 0 amide bonds. The lowest BCUT2D eigenvalue weighted by Crippen LogP contribution is -2.23. The van der Waals surface area contributed by atoms with Gasteiger partial charge in [0.1, 0.15) is 5.82 Å². The molecule has 1 aromatic carbocycles. The van der Waals surface area contributed by atoms with Crippen LogP contribution < -0.4 is 10.6 Å². The zero-order valence-electron chi connectivity index (χ0n) is 8.76. The van der Waals surface area contributed by atoms with Gasteiger partial charge in [0.25, 0.3) is 0 Å². The van der Waals surface area contributed by atoms with Crippen molar-refractivity contribution in [2.24, 2.45) is 5.73 Å². The molecule has 0 saturated heterocycles. The van der Waals surface area contributed by atoms with E-state index >= 15 is 0 Å². The van der Waals surface area contributed by atoms with Gasteiger partial charge < -0.3 is 10.6 Å². The summed E-state index contributed by atoms with van der Waals surface area (Å²) in [6.07, 6.45) is 0. The molecule has 2 nitrogen and oxygen atoms in total. The molecule has 0 atom stereocenters.